The average molecular weight is 476 g/mol. The fourth-order valence-electron chi connectivity index (χ4n) is 3.75. The van der Waals surface area contributed by atoms with E-state index in [0.29, 0.717) is 37.3 Å². The smallest absolute Gasteiger partial charge is 0.287 e. The van der Waals surface area contributed by atoms with E-state index in [-0.39, 0.29) is 23.7 Å². The van der Waals surface area contributed by atoms with Crippen LogP contribution >= 0.6 is 0 Å². The SMILES string of the molecule is CC(C)C(NS(=O)(=O)c1ccccc1)C(=O)CC1CCc2cc(on2)CCCNC(=O)C1=O. The summed E-state index contributed by atoms with van der Waals surface area (Å²) >= 11 is 0. The highest BCUT2D eigenvalue weighted by molar-refractivity contribution is 7.89. The molecule has 2 N–H and O–H groups in total. The van der Waals surface area contributed by atoms with Gasteiger partial charge in [-0.05, 0) is 37.3 Å². The standard InChI is InChI=1S/C23H29N3O6S/c1-15(2)21(26-33(30,31)19-8-4-3-5-9-19)20(27)13-16-10-11-17-14-18(32-25-17)7-6-12-24-23(29)22(16)28/h3-5,8-9,14-16,21,26H,6-7,10-13H2,1-2H3,(H,24,29). The van der Waals surface area contributed by atoms with Crippen molar-refractivity contribution in [2.75, 3.05) is 6.54 Å². The Hall–Kier alpha value is -2.85. The molecule has 1 aromatic carbocycles. The molecule has 10 heteroatoms. The topological polar surface area (TPSA) is 135 Å². The van der Waals surface area contributed by atoms with Gasteiger partial charge in [0.1, 0.15) is 5.76 Å². The van der Waals surface area contributed by atoms with Crippen LogP contribution in [0.5, 0.6) is 0 Å². The Labute approximate surface area is 193 Å². The number of aryl methyl sites for hydroxylation is 2. The third kappa shape index (κ3) is 6.58. The molecule has 1 aliphatic heterocycles. The third-order valence-corrected chi connectivity index (χ3v) is 7.09. The number of hydrogen-bond acceptors (Lipinski definition) is 7. The Morgan fingerprint density at radius 1 is 1.21 bits per heavy atom. The van der Waals surface area contributed by atoms with Crippen LogP contribution in [-0.2, 0) is 37.2 Å². The highest BCUT2D eigenvalue weighted by atomic mass is 32.2. The van der Waals surface area contributed by atoms with Crippen molar-refractivity contribution in [1.82, 2.24) is 15.2 Å². The van der Waals surface area contributed by atoms with Gasteiger partial charge in [0.25, 0.3) is 5.91 Å². The number of carbonyl (C=O) groups is 3. The van der Waals surface area contributed by atoms with Gasteiger partial charge >= 0.3 is 0 Å². The monoisotopic (exact) mass is 475 g/mol. The molecule has 1 aliphatic rings. The summed E-state index contributed by atoms with van der Waals surface area (Å²) in [4.78, 5) is 38.4. The van der Waals surface area contributed by atoms with E-state index in [2.05, 4.69) is 15.2 Å². The van der Waals surface area contributed by atoms with Crippen molar-refractivity contribution < 1.29 is 27.3 Å². The number of nitrogens with zero attached hydrogens (tertiary/aromatic N) is 1. The van der Waals surface area contributed by atoms with Crippen LogP contribution in [0.2, 0.25) is 0 Å². The second-order valence-corrected chi connectivity index (χ2v) is 10.3. The summed E-state index contributed by atoms with van der Waals surface area (Å²) in [7, 11) is -3.93. The lowest BCUT2D eigenvalue weighted by Gasteiger charge is -2.23. The maximum Gasteiger partial charge on any atom is 0.287 e. The highest BCUT2D eigenvalue weighted by Gasteiger charge is 2.33. The van der Waals surface area contributed by atoms with E-state index in [0.717, 1.165) is 0 Å². The number of Topliss-reactive ketones (excluding diaryl/α,β-unsaturated/α-hetero) is 2. The Balaban J connectivity index is 1.78. The number of carbonyl (C=O) groups excluding carboxylic acids is 3. The second-order valence-electron chi connectivity index (χ2n) is 8.57. The van der Waals surface area contributed by atoms with Crippen LogP contribution < -0.4 is 10.0 Å². The first-order chi connectivity index (χ1) is 15.7. The lowest BCUT2D eigenvalue weighted by molar-refractivity contribution is -0.141. The van der Waals surface area contributed by atoms with Crippen LogP contribution in [0, 0.1) is 11.8 Å². The average Bonchev–Trinajstić information content (AvgIpc) is 3.24. The van der Waals surface area contributed by atoms with Gasteiger partial charge in [0.2, 0.25) is 15.8 Å². The Bertz CT molecular complexity index is 1090. The third-order valence-electron chi connectivity index (χ3n) is 5.63. The van der Waals surface area contributed by atoms with E-state index in [9.17, 15) is 22.8 Å². The molecule has 9 nitrogen and oxygen atoms in total. The highest BCUT2D eigenvalue weighted by Crippen LogP contribution is 2.20. The number of rotatable bonds is 7. The molecule has 0 saturated heterocycles. The molecule has 0 spiro atoms. The summed E-state index contributed by atoms with van der Waals surface area (Å²) in [5.74, 6) is -2.40. The molecule has 0 saturated carbocycles. The van der Waals surface area contributed by atoms with E-state index in [4.69, 9.17) is 4.52 Å². The maximum atomic E-state index is 13.2. The Morgan fingerprint density at radius 2 is 1.94 bits per heavy atom. The van der Waals surface area contributed by atoms with Gasteiger partial charge in [-0.3, -0.25) is 14.4 Å². The van der Waals surface area contributed by atoms with Crippen molar-refractivity contribution >= 4 is 27.5 Å². The maximum absolute atomic E-state index is 13.2. The number of nitrogens with one attached hydrogen (secondary N) is 2. The van der Waals surface area contributed by atoms with Crippen molar-refractivity contribution in [2.45, 2.75) is 56.9 Å². The van der Waals surface area contributed by atoms with Gasteiger partial charge in [-0.2, -0.15) is 0 Å². The lowest BCUT2D eigenvalue weighted by Crippen LogP contribution is -2.46. The fourth-order valence-corrected chi connectivity index (χ4v) is 5.14. The number of sulfonamides is 1. The van der Waals surface area contributed by atoms with E-state index in [1.54, 1.807) is 32.0 Å². The molecule has 2 aromatic rings. The number of amides is 1. The Morgan fingerprint density at radius 3 is 2.64 bits per heavy atom. The molecule has 3 rings (SSSR count). The van der Waals surface area contributed by atoms with Crippen molar-refractivity contribution in [2.24, 2.45) is 11.8 Å². The Kier molecular flexibility index (Phi) is 8.15. The molecular formula is C23H29N3O6S. The minimum atomic E-state index is -3.93. The quantitative estimate of drug-likeness (QED) is 0.583. The van der Waals surface area contributed by atoms with Crippen LogP contribution in [0.1, 0.15) is 44.6 Å². The molecule has 0 aliphatic carbocycles. The minimum Gasteiger partial charge on any atom is -0.361 e. The van der Waals surface area contributed by atoms with Crippen LogP contribution in [0.25, 0.3) is 0 Å². The van der Waals surface area contributed by atoms with Crippen molar-refractivity contribution in [3.63, 3.8) is 0 Å². The summed E-state index contributed by atoms with van der Waals surface area (Å²) in [6.45, 7) is 3.75. The van der Waals surface area contributed by atoms with E-state index in [1.807, 2.05) is 6.07 Å². The molecule has 0 radical (unpaired) electrons. The van der Waals surface area contributed by atoms with Crippen LogP contribution in [-0.4, -0.2) is 43.6 Å². The summed E-state index contributed by atoms with van der Waals surface area (Å²) in [6, 6.07) is 8.55. The molecule has 1 aromatic heterocycles. The number of hydrogen-bond donors (Lipinski definition) is 2. The predicted octanol–water partition coefficient (Wildman–Crippen LogP) is 1.82. The molecule has 178 valence electrons. The first kappa shape index (κ1) is 24.8. The van der Waals surface area contributed by atoms with Gasteiger partial charge in [-0.1, -0.05) is 37.2 Å². The number of fused-ring (bicyclic) bond motifs is 2. The molecule has 2 unspecified atom stereocenters. The number of aromatic nitrogens is 1. The summed E-state index contributed by atoms with van der Waals surface area (Å²) < 4.78 is 33.3. The molecule has 1 amide bonds. The number of ketones is 2. The summed E-state index contributed by atoms with van der Waals surface area (Å²) in [5.41, 5.74) is 0.654. The van der Waals surface area contributed by atoms with Gasteiger partial charge in [0.05, 0.1) is 16.6 Å². The zero-order valence-electron chi connectivity index (χ0n) is 18.7. The molecule has 2 atom stereocenters. The van der Waals surface area contributed by atoms with Crippen molar-refractivity contribution in [1.29, 1.82) is 0 Å². The molecular weight excluding hydrogens is 446 g/mol. The summed E-state index contributed by atoms with van der Waals surface area (Å²) in [5, 5.41) is 6.59. The van der Waals surface area contributed by atoms with Gasteiger partial charge in [0.15, 0.2) is 5.78 Å². The van der Waals surface area contributed by atoms with Crippen LogP contribution in [0.3, 0.4) is 0 Å². The van der Waals surface area contributed by atoms with Gasteiger partial charge in [-0.25, -0.2) is 13.1 Å². The van der Waals surface area contributed by atoms with E-state index < -0.39 is 39.5 Å². The lowest BCUT2D eigenvalue weighted by atomic mass is 9.87. The largest absolute Gasteiger partial charge is 0.361 e. The summed E-state index contributed by atoms with van der Waals surface area (Å²) in [6.07, 6.45) is 1.52. The van der Waals surface area contributed by atoms with Crippen molar-refractivity contribution in [3.8, 4) is 0 Å². The number of benzene rings is 1. The van der Waals surface area contributed by atoms with Crippen molar-refractivity contribution in [3.05, 3.63) is 47.9 Å². The molecule has 2 heterocycles. The first-order valence-electron chi connectivity index (χ1n) is 11.0. The molecule has 0 fully saturated rings. The first-order valence-corrected chi connectivity index (χ1v) is 12.5. The minimum absolute atomic E-state index is 0.0479. The predicted molar refractivity (Wildman–Crippen MR) is 120 cm³/mol. The van der Waals surface area contributed by atoms with Crippen LogP contribution in [0.4, 0.5) is 0 Å². The zero-order valence-corrected chi connectivity index (χ0v) is 19.6. The van der Waals surface area contributed by atoms with Crippen LogP contribution in [0.15, 0.2) is 45.8 Å². The fraction of sp³-hybridized carbons (Fsp3) is 0.478. The molecule has 33 heavy (non-hydrogen) atoms. The zero-order chi connectivity index (χ0) is 24.0. The second kappa shape index (κ2) is 10.8. The van der Waals surface area contributed by atoms with E-state index in [1.165, 1.54) is 12.1 Å². The normalized spacial score (nSPS) is 18.8. The molecule has 2 bridgehead atoms. The van der Waals surface area contributed by atoms with Gasteiger partial charge in [-0.15, -0.1) is 0 Å². The van der Waals surface area contributed by atoms with Gasteiger partial charge in [0, 0.05) is 31.4 Å². The van der Waals surface area contributed by atoms with Gasteiger partial charge < -0.3 is 9.84 Å². The van der Waals surface area contributed by atoms with E-state index >= 15 is 0 Å².